The smallest absolute Gasteiger partial charge is 0.871 e. The summed E-state index contributed by atoms with van der Waals surface area (Å²) >= 11 is 0. The van der Waals surface area contributed by atoms with E-state index in [1.165, 1.54) is 36.4 Å². The monoisotopic (exact) mass is 730 g/mol. The van der Waals surface area contributed by atoms with Crippen LogP contribution in [0.5, 0.6) is 17.2 Å². The molecule has 12 nitrogen and oxygen atoms in total. The number of carbonyl (C=O) groups is 3. The molecule has 0 spiro atoms. The van der Waals surface area contributed by atoms with Gasteiger partial charge in [-0.25, -0.2) is 29.3 Å². The van der Waals surface area contributed by atoms with Gasteiger partial charge >= 0.3 is 55.2 Å². The van der Waals surface area contributed by atoms with Crippen LogP contribution in [0.4, 0.5) is 0 Å². The molecule has 0 unspecified atom stereocenters. The molecule has 3 aromatic carbocycles. The molecule has 0 atom stereocenters. The van der Waals surface area contributed by atoms with Gasteiger partial charge in [0.2, 0.25) is 0 Å². The van der Waals surface area contributed by atoms with Crippen molar-refractivity contribution in [1.82, 2.24) is 15.0 Å². The minimum atomic E-state index is -1.13. The van der Waals surface area contributed by atoms with Crippen LogP contribution in [0.2, 0.25) is 0 Å². The molecular formula is C30H18ErN3O9. The van der Waals surface area contributed by atoms with Gasteiger partial charge < -0.3 is 30.6 Å². The topological polar surface area (TPSA) is 220 Å². The van der Waals surface area contributed by atoms with Crippen molar-refractivity contribution in [3.05, 3.63) is 108 Å². The third-order valence-corrected chi connectivity index (χ3v) is 5.71. The molecular weight excluding hydrogens is 714 g/mol. The zero-order valence-corrected chi connectivity index (χ0v) is 23.4. The van der Waals surface area contributed by atoms with Crippen LogP contribution in [0.3, 0.4) is 0 Å². The van der Waals surface area contributed by atoms with Gasteiger partial charge in [0.05, 0.1) is 16.6 Å². The Morgan fingerprint density at radius 1 is 0.442 bits per heavy atom. The summed E-state index contributed by atoms with van der Waals surface area (Å²) in [6.07, 6.45) is 0. The number of pyridine rings is 3. The summed E-state index contributed by atoms with van der Waals surface area (Å²) in [5.41, 5.74) is 0.273. The zero-order chi connectivity index (χ0) is 30.4. The zero-order valence-electron chi connectivity index (χ0n) is 21.6. The van der Waals surface area contributed by atoms with Crippen LogP contribution >= 0.6 is 0 Å². The maximum atomic E-state index is 11.3. The summed E-state index contributed by atoms with van der Waals surface area (Å²) < 4.78 is 0. The number of fused-ring (bicyclic) bond motifs is 3. The Labute approximate surface area is 271 Å². The predicted octanol–water partition coefficient (Wildman–Crippen LogP) is 3.02. The Balaban J connectivity index is 0.000000175. The number of nitrogens with zero attached hydrogens (tertiary/aromatic N) is 3. The summed E-state index contributed by atoms with van der Waals surface area (Å²) in [6.45, 7) is 0. The number of aromatic carboxylic acids is 3. The Bertz CT molecular complexity index is 1760. The molecule has 3 heterocycles. The van der Waals surface area contributed by atoms with Gasteiger partial charge in [0.15, 0.2) is 0 Å². The first kappa shape index (κ1) is 32.5. The van der Waals surface area contributed by atoms with Crippen molar-refractivity contribution in [2.24, 2.45) is 0 Å². The first-order valence-corrected chi connectivity index (χ1v) is 12.0. The maximum absolute atomic E-state index is 11.3. The first-order valence-electron chi connectivity index (χ1n) is 12.0. The molecule has 3 aromatic heterocycles. The Kier molecular flexibility index (Phi) is 10.7. The van der Waals surface area contributed by atoms with E-state index in [1.807, 2.05) is 0 Å². The third kappa shape index (κ3) is 7.82. The number of rotatable bonds is 3. The molecule has 0 amide bonds. The molecule has 0 saturated heterocycles. The van der Waals surface area contributed by atoms with E-state index < -0.39 is 17.9 Å². The number of hydrogen-bond acceptors (Lipinski definition) is 9. The van der Waals surface area contributed by atoms with Crippen molar-refractivity contribution >= 4 is 50.6 Å². The SMILES string of the molecule is O=C(O)c1ccc2cccc([O-])c2n1.O=C(O)c1ccc2cccc([O-])c2n1.O=C(O)c1ccc2cccc([O-])c2n1.[Er+3]. The molecule has 0 aliphatic carbocycles. The van der Waals surface area contributed by atoms with Crippen LogP contribution in [0.15, 0.2) is 91.0 Å². The van der Waals surface area contributed by atoms with Gasteiger partial charge in [0.25, 0.3) is 0 Å². The molecule has 3 N–H and O–H groups in total. The van der Waals surface area contributed by atoms with Crippen LogP contribution in [-0.4, -0.2) is 48.2 Å². The summed E-state index contributed by atoms with van der Waals surface area (Å²) in [5.74, 6) is -4.16. The second-order valence-corrected chi connectivity index (χ2v) is 8.49. The van der Waals surface area contributed by atoms with Crippen LogP contribution < -0.4 is 15.3 Å². The minimum Gasteiger partial charge on any atom is -0.871 e. The van der Waals surface area contributed by atoms with Crippen molar-refractivity contribution < 1.29 is 82.3 Å². The number of aromatic nitrogens is 3. The van der Waals surface area contributed by atoms with Gasteiger partial charge in [0, 0.05) is 0 Å². The molecule has 0 bridgehead atoms. The number of hydrogen-bond donors (Lipinski definition) is 3. The summed E-state index contributed by atoms with van der Waals surface area (Å²) in [6, 6.07) is 23.0. The predicted molar refractivity (Wildman–Crippen MR) is 144 cm³/mol. The molecule has 219 valence electrons. The Morgan fingerprint density at radius 2 is 0.698 bits per heavy atom. The van der Waals surface area contributed by atoms with Gasteiger partial charge in [-0.2, -0.15) is 0 Å². The maximum Gasteiger partial charge on any atom is 3.00 e. The third-order valence-electron chi connectivity index (χ3n) is 5.71. The molecule has 6 aromatic rings. The molecule has 0 aliphatic heterocycles. The Hall–Kier alpha value is -5.05. The summed E-state index contributed by atoms with van der Waals surface area (Å²) in [7, 11) is 0. The van der Waals surface area contributed by atoms with Crippen LogP contribution in [0.1, 0.15) is 31.5 Å². The number of carboxylic acid groups (broad SMARTS) is 3. The van der Waals surface area contributed by atoms with Crippen molar-refractivity contribution in [2.45, 2.75) is 0 Å². The summed E-state index contributed by atoms with van der Waals surface area (Å²) in [5, 5.41) is 61.9. The Morgan fingerprint density at radius 3 is 0.930 bits per heavy atom. The van der Waals surface area contributed by atoms with Crippen LogP contribution in [-0.2, 0) is 0 Å². The minimum absolute atomic E-state index is 0. The first-order chi connectivity index (χ1) is 20.0. The van der Waals surface area contributed by atoms with E-state index in [1.54, 1.807) is 54.6 Å². The molecule has 0 saturated carbocycles. The quantitative estimate of drug-likeness (QED) is 0.239. The average molecular weight is 732 g/mol. The van der Waals surface area contributed by atoms with Gasteiger partial charge in [-0.05, 0) is 34.4 Å². The normalized spacial score (nSPS) is 10.0. The standard InChI is InChI=1S/3C10H7NO3.Er/c3*12-8-3-1-2-6-4-5-7(10(13)14)11-9(6)8;/h3*1-5,12H,(H,13,14);/q;;;+3/p-3. The van der Waals surface area contributed by atoms with Gasteiger partial charge in [0.1, 0.15) is 17.1 Å². The molecule has 0 aliphatic rings. The van der Waals surface area contributed by atoms with E-state index >= 15 is 0 Å². The second-order valence-electron chi connectivity index (χ2n) is 8.49. The average Bonchev–Trinajstić information content (AvgIpc) is 2.98. The van der Waals surface area contributed by atoms with Gasteiger partial charge in [-0.15, -0.1) is 0 Å². The molecule has 6 rings (SSSR count). The number of benzene rings is 3. The van der Waals surface area contributed by atoms with Crippen molar-refractivity contribution in [3.63, 3.8) is 0 Å². The van der Waals surface area contributed by atoms with E-state index in [0.717, 1.165) is 0 Å². The molecule has 43 heavy (non-hydrogen) atoms. The second kappa shape index (κ2) is 14.2. The van der Waals surface area contributed by atoms with Gasteiger partial charge in [-0.1, -0.05) is 90.0 Å². The molecule has 13 heteroatoms. The fourth-order valence-corrected chi connectivity index (χ4v) is 3.72. The fourth-order valence-electron chi connectivity index (χ4n) is 3.72. The largest absolute Gasteiger partial charge is 3.00 e. The molecule has 1 radical (unpaired) electrons. The van der Waals surface area contributed by atoms with E-state index in [-0.39, 0.29) is 88.2 Å². The van der Waals surface area contributed by atoms with Crippen LogP contribution in [0.25, 0.3) is 32.7 Å². The number of carboxylic acids is 3. The van der Waals surface area contributed by atoms with E-state index in [0.29, 0.717) is 16.2 Å². The van der Waals surface area contributed by atoms with Crippen molar-refractivity contribution in [2.75, 3.05) is 0 Å². The molecule has 0 fully saturated rings. The van der Waals surface area contributed by atoms with E-state index in [4.69, 9.17) is 15.3 Å². The van der Waals surface area contributed by atoms with Crippen molar-refractivity contribution in [3.8, 4) is 17.2 Å². The van der Waals surface area contributed by atoms with Crippen molar-refractivity contribution in [1.29, 1.82) is 0 Å². The van der Waals surface area contributed by atoms with Crippen LogP contribution in [0, 0.1) is 37.3 Å². The van der Waals surface area contributed by atoms with E-state index in [9.17, 15) is 29.7 Å². The van der Waals surface area contributed by atoms with E-state index in [2.05, 4.69) is 15.0 Å². The van der Waals surface area contributed by atoms with Gasteiger partial charge in [-0.3, -0.25) is 0 Å². The summed E-state index contributed by atoms with van der Waals surface area (Å²) in [4.78, 5) is 43.1. The fraction of sp³-hybridized carbons (Fsp3) is 0. The number of para-hydroxylation sites is 3.